The highest BCUT2D eigenvalue weighted by Gasteiger charge is 2.19. The summed E-state index contributed by atoms with van der Waals surface area (Å²) in [4.78, 5) is 2.11. The van der Waals surface area contributed by atoms with Crippen LogP contribution in [0.1, 0.15) is 12.5 Å². The number of hydrogen-bond acceptors (Lipinski definition) is 1. The molecule has 0 amide bonds. The second-order valence-electron chi connectivity index (χ2n) is 3.74. The lowest BCUT2D eigenvalue weighted by molar-refractivity contribution is 0.527. The number of rotatable bonds is 2. The van der Waals surface area contributed by atoms with Crippen molar-refractivity contribution in [3.63, 3.8) is 0 Å². The molecule has 2 rings (SSSR count). The van der Waals surface area contributed by atoms with Crippen LogP contribution in [0.25, 0.3) is 5.70 Å². The van der Waals surface area contributed by atoms with Gasteiger partial charge in [-0.3, -0.25) is 0 Å². The summed E-state index contributed by atoms with van der Waals surface area (Å²) in [6.45, 7) is 6.95. The van der Waals surface area contributed by atoms with Gasteiger partial charge in [-0.2, -0.15) is 0 Å². The van der Waals surface area contributed by atoms with Crippen LogP contribution >= 0.6 is 27.5 Å². The van der Waals surface area contributed by atoms with E-state index in [0.29, 0.717) is 5.03 Å². The van der Waals surface area contributed by atoms with Crippen LogP contribution in [0, 0.1) is 0 Å². The minimum atomic E-state index is 0.697. The fraction of sp³-hybridized carbons (Fsp3) is 0.143. The van der Waals surface area contributed by atoms with Crippen molar-refractivity contribution in [3.8, 4) is 0 Å². The van der Waals surface area contributed by atoms with Crippen LogP contribution in [0.2, 0.25) is 0 Å². The SMILES string of the molecule is C=C1C(Cl)=CC=C(c2ccccc2Br)N1CC. The highest BCUT2D eigenvalue weighted by atomic mass is 79.9. The molecule has 0 N–H and O–H groups in total. The first-order valence-corrected chi connectivity index (χ1v) is 6.61. The number of likely N-dealkylation sites (N-methyl/N-ethyl adjacent to an activating group) is 1. The Balaban J connectivity index is 2.51. The van der Waals surface area contributed by atoms with Gasteiger partial charge in [0.25, 0.3) is 0 Å². The number of benzene rings is 1. The third kappa shape index (κ3) is 2.33. The van der Waals surface area contributed by atoms with Gasteiger partial charge in [-0.25, -0.2) is 0 Å². The molecule has 0 saturated heterocycles. The molecule has 1 aliphatic rings. The predicted octanol–water partition coefficient (Wildman–Crippen LogP) is 4.76. The molecule has 3 heteroatoms. The van der Waals surface area contributed by atoms with Crippen molar-refractivity contribution in [1.29, 1.82) is 0 Å². The van der Waals surface area contributed by atoms with Gasteiger partial charge in [0, 0.05) is 22.3 Å². The van der Waals surface area contributed by atoms with Crippen molar-refractivity contribution in [3.05, 3.63) is 63.8 Å². The Morgan fingerprint density at radius 2 is 2.00 bits per heavy atom. The lowest BCUT2D eigenvalue weighted by Crippen LogP contribution is -2.23. The van der Waals surface area contributed by atoms with Gasteiger partial charge >= 0.3 is 0 Å². The molecule has 0 saturated carbocycles. The molecule has 88 valence electrons. The van der Waals surface area contributed by atoms with Crippen molar-refractivity contribution < 1.29 is 0 Å². The van der Waals surface area contributed by atoms with Gasteiger partial charge in [-0.05, 0) is 25.1 Å². The molecule has 0 spiro atoms. The van der Waals surface area contributed by atoms with Gasteiger partial charge in [-0.15, -0.1) is 0 Å². The van der Waals surface area contributed by atoms with Crippen LogP contribution in [0.4, 0.5) is 0 Å². The maximum Gasteiger partial charge on any atom is 0.0637 e. The first-order valence-electron chi connectivity index (χ1n) is 5.44. The van der Waals surface area contributed by atoms with E-state index in [9.17, 15) is 0 Å². The summed E-state index contributed by atoms with van der Waals surface area (Å²) in [6, 6.07) is 8.15. The molecule has 0 aliphatic carbocycles. The molecular weight excluding hydrogens is 298 g/mol. The maximum absolute atomic E-state index is 6.10. The average Bonchev–Trinajstić information content (AvgIpc) is 2.33. The zero-order valence-electron chi connectivity index (χ0n) is 9.58. The van der Waals surface area contributed by atoms with Crippen LogP contribution in [0.5, 0.6) is 0 Å². The molecule has 0 fully saturated rings. The smallest absolute Gasteiger partial charge is 0.0637 e. The van der Waals surface area contributed by atoms with Gasteiger partial charge in [0.2, 0.25) is 0 Å². The Labute approximate surface area is 115 Å². The monoisotopic (exact) mass is 309 g/mol. The normalized spacial score (nSPS) is 15.7. The summed E-state index contributed by atoms with van der Waals surface area (Å²) in [5, 5.41) is 0.697. The van der Waals surface area contributed by atoms with E-state index in [1.165, 1.54) is 0 Å². The van der Waals surface area contributed by atoms with Gasteiger partial charge in [0.1, 0.15) is 0 Å². The van der Waals surface area contributed by atoms with Crippen LogP contribution in [-0.2, 0) is 0 Å². The quantitative estimate of drug-likeness (QED) is 0.761. The molecule has 17 heavy (non-hydrogen) atoms. The van der Waals surface area contributed by atoms with E-state index < -0.39 is 0 Å². The average molecular weight is 311 g/mol. The van der Waals surface area contributed by atoms with E-state index in [1.54, 1.807) is 0 Å². The van der Waals surface area contributed by atoms with Gasteiger partial charge in [0.15, 0.2) is 0 Å². The summed E-state index contributed by atoms with van der Waals surface area (Å²) in [6.07, 6.45) is 3.92. The Hall–Kier alpha value is -0.990. The van der Waals surface area contributed by atoms with Crippen molar-refractivity contribution in [1.82, 2.24) is 4.90 Å². The second kappa shape index (κ2) is 5.11. The number of nitrogens with zero attached hydrogens (tertiary/aromatic N) is 1. The van der Waals surface area contributed by atoms with E-state index in [0.717, 1.165) is 28.0 Å². The summed E-state index contributed by atoms with van der Waals surface area (Å²) in [7, 11) is 0. The largest absolute Gasteiger partial charge is 0.341 e. The highest BCUT2D eigenvalue weighted by Crippen LogP contribution is 2.34. The maximum atomic E-state index is 6.10. The molecule has 0 unspecified atom stereocenters. The van der Waals surface area contributed by atoms with Crippen LogP contribution in [-0.4, -0.2) is 11.4 Å². The van der Waals surface area contributed by atoms with E-state index in [-0.39, 0.29) is 0 Å². The molecule has 1 nitrogen and oxygen atoms in total. The number of allylic oxidation sites excluding steroid dienone is 3. The predicted molar refractivity (Wildman–Crippen MR) is 77.6 cm³/mol. The molecule has 0 radical (unpaired) electrons. The standard InChI is InChI=1S/C14H13BrClN/c1-3-17-10(2)13(16)8-9-14(17)11-6-4-5-7-12(11)15/h4-9H,2-3H2,1H3. The van der Waals surface area contributed by atoms with Crippen LogP contribution in [0.15, 0.2) is 58.2 Å². The Morgan fingerprint density at radius 3 is 2.65 bits per heavy atom. The second-order valence-corrected chi connectivity index (χ2v) is 5.00. The zero-order chi connectivity index (χ0) is 12.4. The fourth-order valence-electron chi connectivity index (χ4n) is 1.88. The van der Waals surface area contributed by atoms with Gasteiger partial charge in [-0.1, -0.05) is 52.3 Å². The van der Waals surface area contributed by atoms with Crippen molar-refractivity contribution in [2.24, 2.45) is 0 Å². The highest BCUT2D eigenvalue weighted by molar-refractivity contribution is 9.10. The van der Waals surface area contributed by atoms with Crippen molar-refractivity contribution in [2.45, 2.75) is 6.92 Å². The molecular formula is C14H13BrClN. The molecule has 0 atom stereocenters. The fourth-order valence-corrected chi connectivity index (χ4v) is 2.53. The van der Waals surface area contributed by atoms with E-state index in [4.69, 9.17) is 11.6 Å². The third-order valence-electron chi connectivity index (χ3n) is 2.75. The third-order valence-corrected chi connectivity index (χ3v) is 3.78. The zero-order valence-corrected chi connectivity index (χ0v) is 11.9. The Bertz CT molecular complexity index is 517. The van der Waals surface area contributed by atoms with Crippen molar-refractivity contribution >= 4 is 33.2 Å². The summed E-state index contributed by atoms with van der Waals surface area (Å²) in [5.41, 5.74) is 3.12. The molecule has 1 aliphatic heterocycles. The minimum Gasteiger partial charge on any atom is -0.341 e. The number of hydrogen-bond donors (Lipinski definition) is 0. The van der Waals surface area contributed by atoms with Crippen LogP contribution in [0.3, 0.4) is 0 Å². The van der Waals surface area contributed by atoms with Crippen molar-refractivity contribution in [2.75, 3.05) is 6.54 Å². The molecule has 1 aromatic carbocycles. The number of halogens is 2. The minimum absolute atomic E-state index is 0.697. The van der Waals surface area contributed by atoms with E-state index >= 15 is 0 Å². The lowest BCUT2D eigenvalue weighted by Gasteiger charge is -2.30. The molecule has 1 aromatic rings. The first kappa shape index (κ1) is 12.5. The first-order chi connectivity index (χ1) is 8.15. The molecule has 0 aromatic heterocycles. The summed E-state index contributed by atoms with van der Waals surface area (Å²) in [5.74, 6) is 0. The lowest BCUT2D eigenvalue weighted by atomic mass is 10.1. The van der Waals surface area contributed by atoms with E-state index in [2.05, 4.69) is 40.4 Å². The van der Waals surface area contributed by atoms with Gasteiger partial charge in [0.05, 0.1) is 10.7 Å². The van der Waals surface area contributed by atoms with Crippen LogP contribution < -0.4 is 0 Å². The van der Waals surface area contributed by atoms with Gasteiger partial charge < -0.3 is 4.90 Å². The molecule has 0 bridgehead atoms. The Morgan fingerprint density at radius 1 is 1.29 bits per heavy atom. The topological polar surface area (TPSA) is 3.24 Å². The van der Waals surface area contributed by atoms with E-state index in [1.807, 2.05) is 30.4 Å². The summed E-state index contributed by atoms with van der Waals surface area (Å²) >= 11 is 9.67. The molecule has 1 heterocycles. The summed E-state index contributed by atoms with van der Waals surface area (Å²) < 4.78 is 1.07. The Kier molecular flexibility index (Phi) is 3.75.